The van der Waals surface area contributed by atoms with Gasteiger partial charge >= 0.3 is 5.97 Å². The number of hydrogen-bond acceptors (Lipinski definition) is 3. The number of hydrogen-bond donors (Lipinski definition) is 2. The molecule has 2 N–H and O–H groups in total. The second-order valence-corrected chi connectivity index (χ2v) is 4.93. The number of carbonyl (C=O) groups is 1. The lowest BCUT2D eigenvalue weighted by atomic mass is 10.1. The molecule has 0 amide bonds. The fraction of sp³-hybridized carbons (Fsp3) is 0.188. The van der Waals surface area contributed by atoms with Crippen LogP contribution in [-0.4, -0.2) is 24.7 Å². The Morgan fingerprint density at radius 2 is 1.95 bits per heavy atom. The summed E-state index contributed by atoms with van der Waals surface area (Å²) in [5, 5.41) is 12.4. The van der Waals surface area contributed by atoms with E-state index in [9.17, 15) is 4.79 Å². The number of carboxylic acid groups (broad SMARTS) is 1. The molecule has 0 aliphatic carbocycles. The molecule has 110 valence electrons. The van der Waals surface area contributed by atoms with Crippen LogP contribution < -0.4 is 10.1 Å². The van der Waals surface area contributed by atoms with Gasteiger partial charge in [0.05, 0.1) is 17.7 Å². The average Bonchev–Trinajstić information content (AvgIpc) is 2.47. The van der Waals surface area contributed by atoms with Gasteiger partial charge in [-0.05, 0) is 42.3 Å². The van der Waals surface area contributed by atoms with E-state index in [1.165, 1.54) is 11.6 Å². The number of carboxylic acids is 1. The molecule has 0 fully saturated rings. The topological polar surface area (TPSA) is 58.6 Å². The third kappa shape index (κ3) is 4.13. The van der Waals surface area contributed by atoms with Crippen LogP contribution >= 0.6 is 11.6 Å². The highest BCUT2D eigenvalue weighted by atomic mass is 35.5. The van der Waals surface area contributed by atoms with Crippen molar-refractivity contribution in [3.63, 3.8) is 0 Å². The molecule has 0 unspecified atom stereocenters. The van der Waals surface area contributed by atoms with Crippen molar-refractivity contribution >= 4 is 23.3 Å². The van der Waals surface area contributed by atoms with E-state index >= 15 is 0 Å². The quantitative estimate of drug-likeness (QED) is 0.854. The summed E-state index contributed by atoms with van der Waals surface area (Å²) in [7, 11) is 1.64. The molecule has 0 atom stereocenters. The monoisotopic (exact) mass is 305 g/mol. The number of benzene rings is 2. The highest BCUT2D eigenvalue weighted by Gasteiger charge is 2.08. The highest BCUT2D eigenvalue weighted by molar-refractivity contribution is 6.33. The van der Waals surface area contributed by atoms with Crippen molar-refractivity contribution in [1.29, 1.82) is 0 Å². The number of methoxy groups -OCH3 is 1. The van der Waals surface area contributed by atoms with Crippen LogP contribution in [0.3, 0.4) is 0 Å². The van der Waals surface area contributed by atoms with Gasteiger partial charge in [0, 0.05) is 12.2 Å². The minimum atomic E-state index is -1.02. The van der Waals surface area contributed by atoms with Crippen LogP contribution in [0.2, 0.25) is 5.02 Å². The molecule has 0 bridgehead atoms. The standard InChI is InChI=1S/C16H16ClNO3/c1-21-13-5-2-11(3-6-13)8-9-18-12-4-7-14(16(19)20)15(17)10-12/h2-7,10,18H,8-9H2,1H3,(H,19,20). The van der Waals surface area contributed by atoms with E-state index in [0.29, 0.717) is 0 Å². The Morgan fingerprint density at radius 3 is 2.52 bits per heavy atom. The molecular formula is C16H16ClNO3. The molecule has 2 rings (SSSR count). The lowest BCUT2D eigenvalue weighted by Crippen LogP contribution is -2.05. The fourth-order valence-corrected chi connectivity index (χ4v) is 2.20. The first-order valence-electron chi connectivity index (χ1n) is 6.50. The Morgan fingerprint density at radius 1 is 1.24 bits per heavy atom. The van der Waals surface area contributed by atoms with Gasteiger partial charge in [-0.2, -0.15) is 0 Å². The molecular weight excluding hydrogens is 290 g/mol. The highest BCUT2D eigenvalue weighted by Crippen LogP contribution is 2.21. The number of nitrogens with one attached hydrogen (secondary N) is 1. The number of anilines is 1. The summed E-state index contributed by atoms with van der Waals surface area (Å²) >= 11 is 5.92. The van der Waals surface area contributed by atoms with Crippen LogP contribution in [0.5, 0.6) is 5.75 Å². The van der Waals surface area contributed by atoms with E-state index < -0.39 is 5.97 Å². The van der Waals surface area contributed by atoms with Crippen molar-refractivity contribution in [2.75, 3.05) is 19.0 Å². The normalized spacial score (nSPS) is 10.2. The zero-order valence-electron chi connectivity index (χ0n) is 11.6. The summed E-state index contributed by atoms with van der Waals surface area (Å²) < 4.78 is 5.11. The molecule has 0 saturated carbocycles. The maximum atomic E-state index is 10.9. The molecule has 5 heteroatoms. The van der Waals surface area contributed by atoms with Crippen molar-refractivity contribution in [1.82, 2.24) is 0 Å². The molecule has 0 spiro atoms. The van der Waals surface area contributed by atoms with Crippen molar-refractivity contribution in [3.8, 4) is 5.75 Å². The van der Waals surface area contributed by atoms with E-state index in [4.69, 9.17) is 21.4 Å². The minimum Gasteiger partial charge on any atom is -0.497 e. The molecule has 21 heavy (non-hydrogen) atoms. The van der Waals surface area contributed by atoms with E-state index in [-0.39, 0.29) is 10.6 Å². The maximum absolute atomic E-state index is 10.9. The van der Waals surface area contributed by atoms with E-state index in [2.05, 4.69) is 5.32 Å². The molecule has 0 aliphatic rings. The summed E-state index contributed by atoms with van der Waals surface area (Å²) in [5.41, 5.74) is 2.10. The lowest BCUT2D eigenvalue weighted by Gasteiger charge is -2.08. The summed E-state index contributed by atoms with van der Waals surface area (Å²) in [4.78, 5) is 10.9. The van der Waals surface area contributed by atoms with Crippen molar-refractivity contribution < 1.29 is 14.6 Å². The average molecular weight is 306 g/mol. The van der Waals surface area contributed by atoms with Gasteiger partial charge < -0.3 is 15.2 Å². The Kier molecular flexibility index (Phi) is 5.06. The second-order valence-electron chi connectivity index (χ2n) is 4.52. The van der Waals surface area contributed by atoms with Crippen LogP contribution in [0, 0.1) is 0 Å². The Balaban J connectivity index is 1.91. The first kappa shape index (κ1) is 15.2. The smallest absolute Gasteiger partial charge is 0.337 e. The van der Waals surface area contributed by atoms with Gasteiger partial charge in [0.25, 0.3) is 0 Å². The van der Waals surface area contributed by atoms with E-state index in [1.807, 2.05) is 24.3 Å². The molecule has 0 aliphatic heterocycles. The molecule has 0 radical (unpaired) electrons. The van der Waals surface area contributed by atoms with Crippen LogP contribution in [0.15, 0.2) is 42.5 Å². The SMILES string of the molecule is COc1ccc(CCNc2ccc(C(=O)O)c(Cl)c2)cc1. The first-order chi connectivity index (χ1) is 10.1. The minimum absolute atomic E-state index is 0.109. The number of rotatable bonds is 6. The third-order valence-electron chi connectivity index (χ3n) is 3.10. The van der Waals surface area contributed by atoms with Crippen molar-refractivity contribution in [3.05, 3.63) is 58.6 Å². The first-order valence-corrected chi connectivity index (χ1v) is 6.87. The summed E-state index contributed by atoms with van der Waals surface area (Å²) in [6, 6.07) is 12.7. The van der Waals surface area contributed by atoms with Gasteiger partial charge in [-0.1, -0.05) is 23.7 Å². The second kappa shape index (κ2) is 6.99. The van der Waals surface area contributed by atoms with Gasteiger partial charge in [0.15, 0.2) is 0 Å². The number of halogens is 1. The van der Waals surface area contributed by atoms with E-state index in [0.717, 1.165) is 24.4 Å². The largest absolute Gasteiger partial charge is 0.497 e. The zero-order chi connectivity index (χ0) is 15.2. The van der Waals surface area contributed by atoms with E-state index in [1.54, 1.807) is 19.2 Å². The van der Waals surface area contributed by atoms with Gasteiger partial charge in [-0.25, -0.2) is 4.79 Å². The molecule has 4 nitrogen and oxygen atoms in total. The van der Waals surface area contributed by atoms with Crippen LogP contribution in [-0.2, 0) is 6.42 Å². The van der Waals surface area contributed by atoms with Crippen LogP contribution in [0.1, 0.15) is 15.9 Å². The van der Waals surface area contributed by atoms with Crippen LogP contribution in [0.25, 0.3) is 0 Å². The van der Waals surface area contributed by atoms with Crippen LogP contribution in [0.4, 0.5) is 5.69 Å². The van der Waals surface area contributed by atoms with Gasteiger partial charge in [-0.3, -0.25) is 0 Å². The van der Waals surface area contributed by atoms with Gasteiger partial charge in [-0.15, -0.1) is 0 Å². The lowest BCUT2D eigenvalue weighted by molar-refractivity contribution is 0.0697. The number of aromatic carboxylic acids is 1. The molecule has 0 saturated heterocycles. The third-order valence-corrected chi connectivity index (χ3v) is 3.41. The Labute approximate surface area is 128 Å². The Hall–Kier alpha value is -2.20. The van der Waals surface area contributed by atoms with Gasteiger partial charge in [0.2, 0.25) is 0 Å². The molecule has 2 aromatic rings. The fourth-order valence-electron chi connectivity index (χ4n) is 1.94. The zero-order valence-corrected chi connectivity index (χ0v) is 12.4. The predicted molar refractivity (Wildman–Crippen MR) is 83.6 cm³/mol. The molecule has 0 heterocycles. The maximum Gasteiger partial charge on any atom is 0.337 e. The summed E-state index contributed by atoms with van der Waals surface area (Å²) in [6.07, 6.45) is 0.849. The predicted octanol–water partition coefficient (Wildman–Crippen LogP) is 3.70. The molecule has 0 aromatic heterocycles. The Bertz CT molecular complexity index is 626. The summed E-state index contributed by atoms with van der Waals surface area (Å²) in [6.45, 7) is 0.731. The van der Waals surface area contributed by atoms with Crippen molar-refractivity contribution in [2.45, 2.75) is 6.42 Å². The van der Waals surface area contributed by atoms with Crippen molar-refractivity contribution in [2.24, 2.45) is 0 Å². The summed E-state index contributed by atoms with van der Waals surface area (Å²) in [5.74, 6) is -0.187. The number of ether oxygens (including phenoxy) is 1. The molecule has 2 aromatic carbocycles. The van der Waals surface area contributed by atoms with Gasteiger partial charge in [0.1, 0.15) is 5.75 Å².